The number of hydrogen-bond acceptors (Lipinski definition) is 4. The van der Waals surface area contributed by atoms with Crippen LogP contribution in [-0.2, 0) is 20.7 Å². The number of benzene rings is 1. The third-order valence-corrected chi connectivity index (χ3v) is 2.46. The fourth-order valence-electron chi connectivity index (χ4n) is 1.67. The summed E-state index contributed by atoms with van der Waals surface area (Å²) >= 11 is 0. The van der Waals surface area contributed by atoms with Crippen molar-refractivity contribution in [3.63, 3.8) is 0 Å². The number of carbonyl (C=O) groups excluding carboxylic acids is 2. The molecule has 0 saturated carbocycles. The first-order valence-electron chi connectivity index (χ1n) is 6.41. The molecule has 1 aromatic carbocycles. The Morgan fingerprint density at radius 1 is 1.15 bits per heavy atom. The molecule has 20 heavy (non-hydrogen) atoms. The van der Waals surface area contributed by atoms with Gasteiger partial charge in [-0.2, -0.15) is 0 Å². The monoisotopic (exact) mass is 276 g/mol. The van der Waals surface area contributed by atoms with E-state index in [1.807, 2.05) is 30.3 Å². The van der Waals surface area contributed by atoms with Gasteiger partial charge in [0.2, 0.25) is 0 Å². The molecule has 0 radical (unpaired) electrons. The van der Waals surface area contributed by atoms with Crippen LogP contribution in [0.3, 0.4) is 0 Å². The minimum Gasteiger partial charge on any atom is -0.511 e. The van der Waals surface area contributed by atoms with Gasteiger partial charge >= 0.3 is 5.97 Å². The van der Waals surface area contributed by atoms with Gasteiger partial charge in [-0.25, -0.2) is 4.79 Å². The molecule has 0 saturated heterocycles. The maximum absolute atomic E-state index is 12.0. The molecular formula is C16H20O4. The number of ether oxygens (including phenoxy) is 1. The van der Waals surface area contributed by atoms with Gasteiger partial charge in [0.05, 0.1) is 0 Å². The molecule has 0 fully saturated rings. The van der Waals surface area contributed by atoms with Gasteiger partial charge in [0, 0.05) is 6.42 Å². The summed E-state index contributed by atoms with van der Waals surface area (Å²) in [6.45, 7) is 6.35. The van der Waals surface area contributed by atoms with E-state index in [2.05, 4.69) is 0 Å². The number of Topliss-reactive ketones (excluding diaryl/α,β-unsaturated/α-hetero) is 1. The van der Waals surface area contributed by atoms with Crippen molar-refractivity contribution in [1.82, 2.24) is 0 Å². The SMILES string of the molecule is CC(=O)/C(C(=O)OC(C)(C)C)=C(/O)Cc1ccccc1. The summed E-state index contributed by atoms with van der Waals surface area (Å²) in [4.78, 5) is 23.6. The Balaban J connectivity index is 3.02. The molecule has 0 aliphatic heterocycles. The largest absolute Gasteiger partial charge is 0.511 e. The summed E-state index contributed by atoms with van der Waals surface area (Å²) in [5.41, 5.74) is -0.193. The van der Waals surface area contributed by atoms with Gasteiger partial charge in [0.1, 0.15) is 16.9 Å². The predicted molar refractivity (Wildman–Crippen MR) is 76.3 cm³/mol. The van der Waals surface area contributed by atoms with Crippen molar-refractivity contribution < 1.29 is 19.4 Å². The number of aliphatic hydroxyl groups is 1. The van der Waals surface area contributed by atoms with E-state index in [-0.39, 0.29) is 17.8 Å². The number of ketones is 1. The second-order valence-electron chi connectivity index (χ2n) is 5.54. The summed E-state index contributed by atoms with van der Waals surface area (Å²) in [5.74, 6) is -1.57. The molecule has 0 unspecified atom stereocenters. The Morgan fingerprint density at radius 2 is 1.70 bits per heavy atom. The Labute approximate surface area is 119 Å². The Kier molecular flexibility index (Phi) is 5.08. The summed E-state index contributed by atoms with van der Waals surface area (Å²) < 4.78 is 5.14. The predicted octanol–water partition coefficient (Wildman–Crippen LogP) is 2.97. The Hall–Kier alpha value is -2.10. The van der Waals surface area contributed by atoms with Gasteiger partial charge in [-0.15, -0.1) is 0 Å². The average molecular weight is 276 g/mol. The highest BCUT2D eigenvalue weighted by molar-refractivity contribution is 6.16. The van der Waals surface area contributed by atoms with E-state index in [1.165, 1.54) is 6.92 Å². The summed E-state index contributed by atoms with van der Waals surface area (Å²) in [6, 6.07) is 9.11. The van der Waals surface area contributed by atoms with Crippen LogP contribution in [0.5, 0.6) is 0 Å². The lowest BCUT2D eigenvalue weighted by atomic mass is 10.0. The van der Waals surface area contributed by atoms with E-state index in [4.69, 9.17) is 4.74 Å². The molecule has 0 spiro atoms. The van der Waals surface area contributed by atoms with Crippen molar-refractivity contribution >= 4 is 11.8 Å². The van der Waals surface area contributed by atoms with Gasteiger partial charge in [-0.05, 0) is 33.3 Å². The zero-order chi connectivity index (χ0) is 15.3. The molecule has 1 rings (SSSR count). The molecule has 1 aromatic rings. The third-order valence-electron chi connectivity index (χ3n) is 2.46. The standard InChI is InChI=1S/C16H20O4/c1-11(17)14(15(19)20-16(2,3)4)13(18)10-12-8-6-5-7-9-12/h5-9,18H,10H2,1-4H3/b14-13-. The van der Waals surface area contributed by atoms with E-state index in [0.717, 1.165) is 5.56 Å². The molecule has 4 nitrogen and oxygen atoms in total. The zero-order valence-corrected chi connectivity index (χ0v) is 12.3. The lowest BCUT2D eigenvalue weighted by Gasteiger charge is -2.20. The topological polar surface area (TPSA) is 63.6 Å². The van der Waals surface area contributed by atoms with Crippen LogP contribution in [0.1, 0.15) is 33.3 Å². The van der Waals surface area contributed by atoms with Crippen LogP contribution < -0.4 is 0 Å². The normalized spacial score (nSPS) is 12.6. The van der Waals surface area contributed by atoms with Crippen LogP contribution in [0.25, 0.3) is 0 Å². The summed E-state index contributed by atoms with van der Waals surface area (Å²) in [5, 5.41) is 10.1. The Bertz CT molecular complexity index is 521. The van der Waals surface area contributed by atoms with Crippen molar-refractivity contribution in [2.24, 2.45) is 0 Å². The molecule has 0 atom stereocenters. The maximum atomic E-state index is 12.0. The van der Waals surface area contributed by atoms with Crippen molar-refractivity contribution in [3.8, 4) is 0 Å². The number of allylic oxidation sites excluding steroid dienone is 1. The lowest BCUT2D eigenvalue weighted by Crippen LogP contribution is -2.27. The molecule has 0 aliphatic carbocycles. The fraction of sp³-hybridized carbons (Fsp3) is 0.375. The van der Waals surface area contributed by atoms with E-state index in [9.17, 15) is 14.7 Å². The van der Waals surface area contributed by atoms with Crippen molar-refractivity contribution in [2.45, 2.75) is 39.7 Å². The highest BCUT2D eigenvalue weighted by Crippen LogP contribution is 2.16. The van der Waals surface area contributed by atoms with Crippen LogP contribution in [-0.4, -0.2) is 22.5 Å². The van der Waals surface area contributed by atoms with Crippen LogP contribution >= 0.6 is 0 Å². The molecule has 0 aliphatic rings. The molecule has 0 amide bonds. The van der Waals surface area contributed by atoms with Crippen LogP contribution in [0.2, 0.25) is 0 Å². The second kappa shape index (κ2) is 6.37. The molecule has 0 aromatic heterocycles. The molecule has 4 heteroatoms. The third kappa shape index (κ3) is 4.88. The quantitative estimate of drug-likeness (QED) is 0.302. The van der Waals surface area contributed by atoms with Gasteiger partial charge < -0.3 is 9.84 Å². The van der Waals surface area contributed by atoms with Gasteiger partial charge in [-0.3, -0.25) is 4.79 Å². The second-order valence-corrected chi connectivity index (χ2v) is 5.54. The molecule has 0 bridgehead atoms. The molecule has 108 valence electrons. The van der Waals surface area contributed by atoms with Gasteiger partial charge in [-0.1, -0.05) is 30.3 Å². The van der Waals surface area contributed by atoms with E-state index < -0.39 is 17.4 Å². The zero-order valence-electron chi connectivity index (χ0n) is 12.3. The fourth-order valence-corrected chi connectivity index (χ4v) is 1.67. The lowest BCUT2D eigenvalue weighted by molar-refractivity contribution is -0.150. The Morgan fingerprint density at radius 3 is 2.15 bits per heavy atom. The smallest absolute Gasteiger partial charge is 0.345 e. The first kappa shape index (κ1) is 16.0. The highest BCUT2D eigenvalue weighted by Gasteiger charge is 2.26. The van der Waals surface area contributed by atoms with Crippen LogP contribution in [0, 0.1) is 0 Å². The maximum Gasteiger partial charge on any atom is 0.345 e. The van der Waals surface area contributed by atoms with Crippen molar-refractivity contribution in [3.05, 3.63) is 47.2 Å². The minimum atomic E-state index is -0.793. The molecular weight excluding hydrogens is 256 g/mol. The number of aliphatic hydroxyl groups excluding tert-OH is 1. The van der Waals surface area contributed by atoms with Crippen molar-refractivity contribution in [1.29, 1.82) is 0 Å². The van der Waals surface area contributed by atoms with E-state index in [1.54, 1.807) is 20.8 Å². The first-order valence-corrected chi connectivity index (χ1v) is 6.41. The first-order chi connectivity index (χ1) is 9.20. The number of hydrogen-bond donors (Lipinski definition) is 1. The van der Waals surface area contributed by atoms with Gasteiger partial charge in [0.15, 0.2) is 5.78 Å². The van der Waals surface area contributed by atoms with E-state index >= 15 is 0 Å². The van der Waals surface area contributed by atoms with Gasteiger partial charge in [0.25, 0.3) is 0 Å². The molecule has 1 N–H and O–H groups in total. The summed E-state index contributed by atoms with van der Waals surface area (Å²) in [6.07, 6.45) is 0.120. The van der Waals surface area contributed by atoms with E-state index in [0.29, 0.717) is 0 Å². The molecule has 0 heterocycles. The van der Waals surface area contributed by atoms with Crippen molar-refractivity contribution in [2.75, 3.05) is 0 Å². The average Bonchev–Trinajstić information content (AvgIpc) is 2.26. The number of rotatable bonds is 4. The number of carbonyl (C=O) groups is 2. The van der Waals surface area contributed by atoms with Crippen LogP contribution in [0.4, 0.5) is 0 Å². The minimum absolute atomic E-state index is 0.120. The van der Waals surface area contributed by atoms with Crippen LogP contribution in [0.15, 0.2) is 41.7 Å². The number of esters is 1. The highest BCUT2D eigenvalue weighted by atomic mass is 16.6. The summed E-state index contributed by atoms with van der Waals surface area (Å²) in [7, 11) is 0.